The SMILES string of the molecule is NC(=O)OC(CO)c1ccc(OCC(F)(F)F)nc1. The normalized spacial score (nSPS) is 12.8. The third kappa shape index (κ3) is 5.42. The van der Waals surface area contributed by atoms with Crippen LogP contribution in [0.4, 0.5) is 18.0 Å². The van der Waals surface area contributed by atoms with Crippen LogP contribution in [-0.2, 0) is 4.74 Å². The molecule has 19 heavy (non-hydrogen) atoms. The minimum absolute atomic E-state index is 0.239. The zero-order valence-electron chi connectivity index (χ0n) is 9.55. The minimum Gasteiger partial charge on any atom is -0.468 e. The standard InChI is InChI=1S/C10H11F3N2O4/c11-10(12,13)5-18-8-2-1-6(3-15-8)7(4-16)19-9(14)17/h1-3,7,16H,4-5H2,(H2,14,17). The van der Waals surface area contributed by atoms with E-state index >= 15 is 0 Å². The molecule has 1 atom stereocenters. The minimum atomic E-state index is -4.46. The van der Waals surface area contributed by atoms with Crippen LogP contribution < -0.4 is 10.5 Å². The van der Waals surface area contributed by atoms with Gasteiger partial charge in [-0.2, -0.15) is 13.2 Å². The molecular formula is C10H11F3N2O4. The summed E-state index contributed by atoms with van der Waals surface area (Å²) in [5.41, 5.74) is 5.07. The Kier molecular flexibility index (Phi) is 4.93. The molecule has 0 aliphatic heterocycles. The molecule has 0 aromatic carbocycles. The molecule has 9 heteroatoms. The van der Waals surface area contributed by atoms with E-state index in [-0.39, 0.29) is 11.4 Å². The summed E-state index contributed by atoms with van der Waals surface area (Å²) in [5, 5.41) is 8.97. The molecule has 1 aromatic heterocycles. The number of hydrogen-bond donors (Lipinski definition) is 2. The third-order valence-electron chi connectivity index (χ3n) is 1.94. The molecule has 0 fully saturated rings. The second kappa shape index (κ2) is 6.23. The first kappa shape index (κ1) is 15.0. The van der Waals surface area contributed by atoms with Crippen molar-refractivity contribution in [1.82, 2.24) is 4.98 Å². The monoisotopic (exact) mass is 280 g/mol. The fourth-order valence-electron chi connectivity index (χ4n) is 1.17. The Balaban J connectivity index is 2.67. The van der Waals surface area contributed by atoms with Crippen LogP contribution in [0.2, 0.25) is 0 Å². The molecule has 106 valence electrons. The maximum absolute atomic E-state index is 11.9. The van der Waals surface area contributed by atoms with E-state index in [2.05, 4.69) is 14.5 Å². The number of hydrogen-bond acceptors (Lipinski definition) is 5. The number of alkyl halides is 3. The summed E-state index contributed by atoms with van der Waals surface area (Å²) in [4.78, 5) is 14.1. The third-order valence-corrected chi connectivity index (χ3v) is 1.94. The molecule has 1 amide bonds. The lowest BCUT2D eigenvalue weighted by Gasteiger charge is -2.14. The van der Waals surface area contributed by atoms with Crippen LogP contribution in [0, 0.1) is 0 Å². The summed E-state index contributed by atoms with van der Waals surface area (Å²) in [6, 6.07) is 2.47. The number of aromatic nitrogens is 1. The highest BCUT2D eigenvalue weighted by Gasteiger charge is 2.28. The van der Waals surface area contributed by atoms with E-state index in [1.807, 2.05) is 0 Å². The Hall–Kier alpha value is -2.03. The molecule has 1 aromatic rings. The van der Waals surface area contributed by atoms with Crippen molar-refractivity contribution in [2.45, 2.75) is 12.3 Å². The van der Waals surface area contributed by atoms with Gasteiger partial charge in [0.25, 0.3) is 0 Å². The highest BCUT2D eigenvalue weighted by molar-refractivity contribution is 5.65. The Morgan fingerprint density at radius 1 is 1.47 bits per heavy atom. The van der Waals surface area contributed by atoms with Crippen LogP contribution in [-0.4, -0.2) is 35.6 Å². The molecule has 1 rings (SSSR count). The quantitative estimate of drug-likeness (QED) is 0.843. The van der Waals surface area contributed by atoms with E-state index in [9.17, 15) is 18.0 Å². The van der Waals surface area contributed by atoms with E-state index in [0.29, 0.717) is 0 Å². The van der Waals surface area contributed by atoms with Gasteiger partial charge in [-0.3, -0.25) is 0 Å². The molecule has 0 saturated heterocycles. The lowest BCUT2D eigenvalue weighted by Crippen LogP contribution is -2.20. The summed E-state index contributed by atoms with van der Waals surface area (Å²) in [6.07, 6.45) is -5.45. The largest absolute Gasteiger partial charge is 0.468 e. The molecule has 0 bridgehead atoms. The number of nitrogens with two attached hydrogens (primary N) is 1. The molecule has 0 saturated carbocycles. The van der Waals surface area contributed by atoms with Gasteiger partial charge >= 0.3 is 12.3 Å². The number of carbonyl (C=O) groups is 1. The van der Waals surface area contributed by atoms with E-state index in [1.54, 1.807) is 0 Å². The van der Waals surface area contributed by atoms with Gasteiger partial charge in [-0.25, -0.2) is 9.78 Å². The maximum atomic E-state index is 11.9. The van der Waals surface area contributed by atoms with Crippen LogP contribution in [0.15, 0.2) is 18.3 Å². The van der Waals surface area contributed by atoms with E-state index in [1.165, 1.54) is 6.07 Å². The molecule has 0 spiro atoms. The number of rotatable bonds is 5. The average Bonchev–Trinajstić information content (AvgIpc) is 2.33. The van der Waals surface area contributed by atoms with E-state index in [4.69, 9.17) is 10.8 Å². The number of amides is 1. The first-order chi connectivity index (χ1) is 8.81. The van der Waals surface area contributed by atoms with Gasteiger partial charge in [-0.15, -0.1) is 0 Å². The van der Waals surface area contributed by atoms with Crippen molar-refractivity contribution in [1.29, 1.82) is 0 Å². The molecule has 0 aliphatic carbocycles. The van der Waals surface area contributed by atoms with Crippen LogP contribution in [0.5, 0.6) is 5.88 Å². The van der Waals surface area contributed by atoms with Crippen molar-refractivity contribution in [3.05, 3.63) is 23.9 Å². The molecule has 0 aliphatic rings. The Labute approximate surface area is 105 Å². The number of aliphatic hydroxyl groups is 1. The molecule has 1 unspecified atom stereocenters. The number of primary amides is 1. The van der Waals surface area contributed by atoms with Gasteiger partial charge < -0.3 is 20.3 Å². The molecule has 3 N–H and O–H groups in total. The molecule has 6 nitrogen and oxygen atoms in total. The lowest BCUT2D eigenvalue weighted by atomic mass is 10.2. The average molecular weight is 280 g/mol. The highest BCUT2D eigenvalue weighted by atomic mass is 19.4. The summed E-state index contributed by atoms with van der Waals surface area (Å²) in [5.74, 6) is -0.239. The van der Waals surface area contributed by atoms with Crippen LogP contribution in [0.25, 0.3) is 0 Å². The Morgan fingerprint density at radius 3 is 2.58 bits per heavy atom. The van der Waals surface area contributed by atoms with Gasteiger partial charge in [0.15, 0.2) is 12.7 Å². The predicted molar refractivity (Wildman–Crippen MR) is 56.3 cm³/mol. The fraction of sp³-hybridized carbons (Fsp3) is 0.400. The van der Waals surface area contributed by atoms with Gasteiger partial charge in [0.05, 0.1) is 6.61 Å². The maximum Gasteiger partial charge on any atom is 0.422 e. The first-order valence-electron chi connectivity index (χ1n) is 5.04. The van der Waals surface area contributed by atoms with Crippen LogP contribution >= 0.6 is 0 Å². The number of nitrogens with zero attached hydrogens (tertiary/aromatic N) is 1. The van der Waals surface area contributed by atoms with Gasteiger partial charge in [-0.05, 0) is 6.07 Å². The summed E-state index contributed by atoms with van der Waals surface area (Å²) < 4.78 is 44.6. The van der Waals surface area contributed by atoms with Gasteiger partial charge in [0.2, 0.25) is 5.88 Å². The smallest absolute Gasteiger partial charge is 0.422 e. The summed E-state index contributed by atoms with van der Waals surface area (Å²) in [6.45, 7) is -1.99. The van der Waals surface area contributed by atoms with Crippen LogP contribution in [0.1, 0.15) is 11.7 Å². The predicted octanol–water partition coefficient (Wildman–Crippen LogP) is 1.15. The van der Waals surface area contributed by atoms with Crippen LogP contribution in [0.3, 0.4) is 0 Å². The Morgan fingerprint density at radius 2 is 2.16 bits per heavy atom. The van der Waals surface area contributed by atoms with Crippen molar-refractivity contribution in [2.24, 2.45) is 5.73 Å². The Bertz CT molecular complexity index is 422. The number of carbonyl (C=O) groups excluding carboxylic acids is 1. The van der Waals surface area contributed by atoms with E-state index in [0.717, 1.165) is 12.3 Å². The van der Waals surface area contributed by atoms with Gasteiger partial charge in [-0.1, -0.05) is 0 Å². The number of halogens is 3. The number of ether oxygens (including phenoxy) is 2. The van der Waals surface area contributed by atoms with Gasteiger partial charge in [0.1, 0.15) is 0 Å². The summed E-state index contributed by atoms with van der Waals surface area (Å²) in [7, 11) is 0. The highest BCUT2D eigenvalue weighted by Crippen LogP contribution is 2.20. The van der Waals surface area contributed by atoms with E-state index < -0.39 is 31.6 Å². The molecule has 0 radical (unpaired) electrons. The molecular weight excluding hydrogens is 269 g/mol. The summed E-state index contributed by atoms with van der Waals surface area (Å²) >= 11 is 0. The van der Waals surface area contributed by atoms with Crippen molar-refractivity contribution in [3.8, 4) is 5.88 Å². The second-order valence-electron chi connectivity index (χ2n) is 3.44. The molecule has 1 heterocycles. The first-order valence-corrected chi connectivity index (χ1v) is 5.04. The van der Waals surface area contributed by atoms with Gasteiger partial charge in [0, 0.05) is 17.8 Å². The zero-order chi connectivity index (χ0) is 14.5. The topological polar surface area (TPSA) is 94.7 Å². The fourth-order valence-corrected chi connectivity index (χ4v) is 1.17. The second-order valence-corrected chi connectivity index (χ2v) is 3.44. The zero-order valence-corrected chi connectivity index (χ0v) is 9.55. The van der Waals surface area contributed by atoms with Crippen molar-refractivity contribution in [3.63, 3.8) is 0 Å². The number of pyridine rings is 1. The lowest BCUT2D eigenvalue weighted by molar-refractivity contribution is -0.154. The number of aliphatic hydroxyl groups excluding tert-OH is 1. The van der Waals surface area contributed by atoms with Crippen molar-refractivity contribution in [2.75, 3.05) is 13.2 Å². The van der Waals surface area contributed by atoms with Crippen molar-refractivity contribution < 1.29 is 32.5 Å². The van der Waals surface area contributed by atoms with Crippen molar-refractivity contribution >= 4 is 6.09 Å².